The molecule has 2 amide bonds. The summed E-state index contributed by atoms with van der Waals surface area (Å²) in [5.74, 6) is -3.50. The normalized spacial score (nSPS) is 10.8. The Balaban J connectivity index is 1.81. The molecule has 0 fully saturated rings. The lowest BCUT2D eigenvalue weighted by atomic mass is 10.1. The highest BCUT2D eigenvalue weighted by Crippen LogP contribution is 2.26. The molecule has 170 valence electrons. The average molecular weight is 508 g/mol. The van der Waals surface area contributed by atoms with Crippen LogP contribution >= 0.6 is 23.2 Å². The number of sulfonamides is 1. The maximum atomic E-state index is 12.8. The molecular weight excluding hydrogens is 493 g/mol. The van der Waals surface area contributed by atoms with Crippen molar-refractivity contribution in [3.05, 3.63) is 82.3 Å². The highest BCUT2D eigenvalue weighted by Gasteiger charge is 2.20. The third-order valence-corrected chi connectivity index (χ3v) is 6.06. The van der Waals surface area contributed by atoms with Gasteiger partial charge in [-0.1, -0.05) is 23.2 Å². The number of halogens is 2. The number of hydrogen-bond donors (Lipinski definition) is 4. The Morgan fingerprint density at radius 1 is 0.758 bits per heavy atom. The summed E-state index contributed by atoms with van der Waals surface area (Å²) in [6, 6.07) is 15.2. The van der Waals surface area contributed by atoms with Gasteiger partial charge in [0.05, 0.1) is 16.1 Å². The first kappa shape index (κ1) is 24.1. The van der Waals surface area contributed by atoms with Crippen LogP contribution in [-0.4, -0.2) is 31.3 Å². The van der Waals surface area contributed by atoms with Crippen molar-refractivity contribution in [3.63, 3.8) is 0 Å². The number of carboxylic acid groups (broad SMARTS) is 1. The maximum absolute atomic E-state index is 12.8. The van der Waals surface area contributed by atoms with Crippen LogP contribution in [0.1, 0.15) is 10.4 Å². The second kappa shape index (κ2) is 9.90. The van der Waals surface area contributed by atoms with Crippen LogP contribution in [0.5, 0.6) is 0 Å². The average Bonchev–Trinajstić information content (AvgIpc) is 2.76. The number of amides is 2. The van der Waals surface area contributed by atoms with Crippen LogP contribution in [0.15, 0.2) is 71.6 Å². The molecule has 0 spiro atoms. The quantitative estimate of drug-likeness (QED) is 0.370. The Kier molecular flexibility index (Phi) is 7.22. The van der Waals surface area contributed by atoms with Gasteiger partial charge >= 0.3 is 11.9 Å². The highest BCUT2D eigenvalue weighted by molar-refractivity contribution is 7.92. The molecule has 0 saturated carbocycles. The van der Waals surface area contributed by atoms with Crippen molar-refractivity contribution in [1.29, 1.82) is 0 Å². The summed E-state index contributed by atoms with van der Waals surface area (Å²) in [6.45, 7) is 0. The zero-order valence-electron chi connectivity index (χ0n) is 16.5. The van der Waals surface area contributed by atoms with Gasteiger partial charge < -0.3 is 15.7 Å². The number of carbonyl (C=O) groups excluding carboxylic acids is 2. The molecule has 3 aromatic carbocycles. The predicted octanol–water partition coefficient (Wildman–Crippen LogP) is 4.07. The number of carbonyl (C=O) groups is 3. The molecule has 0 aliphatic heterocycles. The number of hydrogen-bond acceptors (Lipinski definition) is 5. The maximum Gasteiger partial charge on any atom is 0.394 e. The molecule has 0 aliphatic rings. The van der Waals surface area contributed by atoms with E-state index in [1.807, 2.05) is 0 Å². The number of aliphatic carboxylic acids is 1. The van der Waals surface area contributed by atoms with E-state index in [4.69, 9.17) is 28.3 Å². The minimum atomic E-state index is -4.02. The third kappa shape index (κ3) is 6.22. The van der Waals surface area contributed by atoms with Crippen molar-refractivity contribution < 1.29 is 27.9 Å². The first-order chi connectivity index (χ1) is 15.5. The smallest absolute Gasteiger partial charge is 0.394 e. The second-order valence-electron chi connectivity index (χ2n) is 6.54. The van der Waals surface area contributed by atoms with E-state index in [2.05, 4.69) is 15.4 Å². The summed E-state index contributed by atoms with van der Waals surface area (Å²) in [6.07, 6.45) is 0. The molecule has 0 unspecified atom stereocenters. The van der Waals surface area contributed by atoms with Gasteiger partial charge in [0.1, 0.15) is 0 Å². The van der Waals surface area contributed by atoms with Crippen molar-refractivity contribution >= 4 is 68.1 Å². The lowest BCUT2D eigenvalue weighted by molar-refractivity contribution is -0.147. The number of anilines is 3. The van der Waals surface area contributed by atoms with E-state index in [1.165, 1.54) is 66.7 Å². The number of carboxylic acids is 1. The highest BCUT2D eigenvalue weighted by atomic mass is 35.5. The molecule has 0 atom stereocenters. The fourth-order valence-electron chi connectivity index (χ4n) is 2.63. The molecule has 3 aromatic rings. The molecule has 9 nitrogen and oxygen atoms in total. The standard InChI is InChI=1S/C21H15Cl2N3O6S/c22-12-1-8-16(9-2-12)33(31,32)26-18-10-3-13(23)11-17(18)19(27)24-14-4-6-15(7-5-14)25-20(28)21(29)30/h1-11,26H,(H,24,27)(H,25,28)(H,29,30). The zero-order chi connectivity index (χ0) is 24.2. The lowest BCUT2D eigenvalue weighted by Gasteiger charge is -2.14. The minimum Gasteiger partial charge on any atom is -0.474 e. The van der Waals surface area contributed by atoms with Crippen LogP contribution in [0.4, 0.5) is 17.1 Å². The summed E-state index contributed by atoms with van der Waals surface area (Å²) < 4.78 is 27.8. The van der Waals surface area contributed by atoms with E-state index >= 15 is 0 Å². The van der Waals surface area contributed by atoms with E-state index in [0.717, 1.165) is 0 Å². The zero-order valence-corrected chi connectivity index (χ0v) is 18.8. The van der Waals surface area contributed by atoms with Crippen molar-refractivity contribution in [2.75, 3.05) is 15.4 Å². The monoisotopic (exact) mass is 507 g/mol. The fraction of sp³-hybridized carbons (Fsp3) is 0. The largest absolute Gasteiger partial charge is 0.474 e. The predicted molar refractivity (Wildman–Crippen MR) is 124 cm³/mol. The van der Waals surface area contributed by atoms with Crippen molar-refractivity contribution in [2.45, 2.75) is 4.90 Å². The minimum absolute atomic E-state index is 0.00260. The summed E-state index contributed by atoms with van der Waals surface area (Å²) in [5.41, 5.74) is 0.472. The lowest BCUT2D eigenvalue weighted by Crippen LogP contribution is -2.21. The molecule has 4 N–H and O–H groups in total. The number of rotatable bonds is 6. The molecule has 0 saturated heterocycles. The molecule has 33 heavy (non-hydrogen) atoms. The van der Waals surface area contributed by atoms with Crippen molar-refractivity contribution in [3.8, 4) is 0 Å². The van der Waals surface area contributed by atoms with Crippen LogP contribution in [0.3, 0.4) is 0 Å². The van der Waals surface area contributed by atoms with Gasteiger partial charge in [0.15, 0.2) is 0 Å². The molecule has 0 bridgehead atoms. The first-order valence-electron chi connectivity index (χ1n) is 9.09. The first-order valence-corrected chi connectivity index (χ1v) is 11.3. The Labute approximate surface area is 198 Å². The Hall–Kier alpha value is -3.60. The van der Waals surface area contributed by atoms with Crippen LogP contribution in [0, 0.1) is 0 Å². The summed E-state index contributed by atoms with van der Waals surface area (Å²) >= 11 is 11.8. The van der Waals surface area contributed by atoms with E-state index in [1.54, 1.807) is 0 Å². The van der Waals surface area contributed by atoms with Gasteiger partial charge in [-0.05, 0) is 66.7 Å². The van der Waals surface area contributed by atoms with Gasteiger partial charge in [0, 0.05) is 21.4 Å². The van der Waals surface area contributed by atoms with Crippen molar-refractivity contribution in [2.24, 2.45) is 0 Å². The molecule has 3 rings (SSSR count). The second-order valence-corrected chi connectivity index (χ2v) is 9.10. The number of nitrogens with one attached hydrogen (secondary N) is 3. The van der Waals surface area contributed by atoms with Crippen molar-refractivity contribution in [1.82, 2.24) is 0 Å². The van der Waals surface area contributed by atoms with E-state index < -0.39 is 27.8 Å². The van der Waals surface area contributed by atoms with Crippen LogP contribution in [-0.2, 0) is 19.6 Å². The van der Waals surface area contributed by atoms with Crippen LogP contribution in [0.2, 0.25) is 10.0 Å². The molecular formula is C21H15Cl2N3O6S. The van der Waals surface area contributed by atoms with Gasteiger partial charge in [-0.15, -0.1) is 0 Å². The topological polar surface area (TPSA) is 142 Å². The summed E-state index contributed by atoms with van der Waals surface area (Å²) in [5, 5.41) is 13.9. The SMILES string of the molecule is O=C(O)C(=O)Nc1ccc(NC(=O)c2cc(Cl)ccc2NS(=O)(=O)c2ccc(Cl)cc2)cc1. The Morgan fingerprint density at radius 3 is 1.88 bits per heavy atom. The molecule has 0 aliphatic carbocycles. The summed E-state index contributed by atoms with van der Waals surface area (Å²) in [4.78, 5) is 34.6. The van der Waals surface area contributed by atoms with E-state index in [-0.39, 0.29) is 26.9 Å². The Bertz CT molecular complexity index is 1330. The van der Waals surface area contributed by atoms with Gasteiger partial charge in [-0.2, -0.15) is 0 Å². The van der Waals surface area contributed by atoms with Crippen LogP contribution in [0.25, 0.3) is 0 Å². The van der Waals surface area contributed by atoms with Crippen LogP contribution < -0.4 is 15.4 Å². The molecule has 0 radical (unpaired) electrons. The van der Waals surface area contributed by atoms with Gasteiger partial charge in [0.2, 0.25) is 0 Å². The van der Waals surface area contributed by atoms with E-state index in [0.29, 0.717) is 10.7 Å². The molecule has 0 aromatic heterocycles. The fourth-order valence-corrected chi connectivity index (χ4v) is 4.01. The van der Waals surface area contributed by atoms with Gasteiger partial charge in [0.25, 0.3) is 15.9 Å². The third-order valence-electron chi connectivity index (χ3n) is 4.19. The molecule has 12 heteroatoms. The van der Waals surface area contributed by atoms with Gasteiger partial charge in [-0.3, -0.25) is 14.3 Å². The number of benzene rings is 3. The molecule has 0 heterocycles. The van der Waals surface area contributed by atoms with Gasteiger partial charge in [-0.25, -0.2) is 13.2 Å². The summed E-state index contributed by atoms with van der Waals surface area (Å²) in [7, 11) is -4.02. The Morgan fingerprint density at radius 2 is 1.30 bits per heavy atom. The van der Waals surface area contributed by atoms with E-state index in [9.17, 15) is 22.8 Å².